The van der Waals surface area contributed by atoms with Gasteiger partial charge in [-0.2, -0.15) is 0 Å². The minimum absolute atomic E-state index is 0.0609. The van der Waals surface area contributed by atoms with Gasteiger partial charge in [-0.05, 0) is 35.4 Å². The smallest absolute Gasteiger partial charge is 0.331 e. The van der Waals surface area contributed by atoms with Crippen LogP contribution >= 0.6 is 0 Å². The molecule has 0 N–H and O–H groups in total. The van der Waals surface area contributed by atoms with Crippen molar-refractivity contribution in [1.29, 1.82) is 0 Å². The Morgan fingerprint density at radius 3 is 2.50 bits per heavy atom. The zero-order valence-corrected chi connectivity index (χ0v) is 18.8. The Balaban J connectivity index is 1.88. The zero-order chi connectivity index (χ0) is 24.1. The SMILES string of the molecule is COc1ccc(-c2c3c(=O)n(C)c(=O)n(C)c3c3n2CCOC3c2cccc([N+](=O)[O-])c2)cc1. The maximum absolute atomic E-state index is 13.4. The lowest BCUT2D eigenvalue weighted by molar-refractivity contribution is -0.385. The van der Waals surface area contributed by atoms with E-state index in [2.05, 4.69) is 0 Å². The minimum Gasteiger partial charge on any atom is -0.497 e. The van der Waals surface area contributed by atoms with Gasteiger partial charge in [-0.15, -0.1) is 0 Å². The highest BCUT2D eigenvalue weighted by Crippen LogP contribution is 2.41. The molecule has 5 rings (SSSR count). The molecule has 0 fully saturated rings. The molecule has 3 heterocycles. The van der Waals surface area contributed by atoms with Crippen molar-refractivity contribution in [2.45, 2.75) is 12.6 Å². The van der Waals surface area contributed by atoms with Gasteiger partial charge in [-0.1, -0.05) is 12.1 Å². The molecule has 2 aromatic heterocycles. The van der Waals surface area contributed by atoms with Gasteiger partial charge in [-0.3, -0.25) is 24.0 Å². The van der Waals surface area contributed by atoms with Crippen LogP contribution in [-0.2, 0) is 25.4 Å². The second-order valence-corrected chi connectivity index (χ2v) is 8.15. The fourth-order valence-corrected chi connectivity index (χ4v) is 4.68. The second kappa shape index (κ2) is 7.99. The summed E-state index contributed by atoms with van der Waals surface area (Å²) in [6.45, 7) is 0.785. The van der Waals surface area contributed by atoms with Gasteiger partial charge in [0.15, 0.2) is 0 Å². The van der Waals surface area contributed by atoms with E-state index in [0.29, 0.717) is 46.8 Å². The summed E-state index contributed by atoms with van der Waals surface area (Å²) in [5, 5.41) is 11.8. The average molecular weight is 462 g/mol. The first-order valence-corrected chi connectivity index (χ1v) is 10.7. The van der Waals surface area contributed by atoms with Crippen LogP contribution in [0.25, 0.3) is 22.2 Å². The minimum atomic E-state index is -0.694. The summed E-state index contributed by atoms with van der Waals surface area (Å²) >= 11 is 0. The zero-order valence-electron chi connectivity index (χ0n) is 18.8. The standard InChI is InChI=1S/C24H22N4O6/c1-25-20-18(23(29)26(2)24(25)30)19(14-7-9-17(33-3)10-8-14)27-11-12-34-22(21(20)27)15-5-4-6-16(13-15)28(31)32/h4-10,13,22H,11-12H2,1-3H3. The molecule has 174 valence electrons. The highest BCUT2D eigenvalue weighted by atomic mass is 16.6. The number of nitrogens with zero attached hydrogens (tertiary/aromatic N) is 4. The number of hydrogen-bond donors (Lipinski definition) is 0. The lowest BCUT2D eigenvalue weighted by Gasteiger charge is -2.27. The first kappa shape index (κ1) is 21.7. The van der Waals surface area contributed by atoms with Crippen molar-refractivity contribution >= 4 is 16.6 Å². The number of methoxy groups -OCH3 is 1. The van der Waals surface area contributed by atoms with Crippen LogP contribution in [0, 0.1) is 10.1 Å². The summed E-state index contributed by atoms with van der Waals surface area (Å²) < 4.78 is 15.9. The molecule has 1 aliphatic rings. The third-order valence-electron chi connectivity index (χ3n) is 6.30. The Bertz CT molecular complexity index is 1560. The van der Waals surface area contributed by atoms with Crippen molar-refractivity contribution in [3.8, 4) is 17.0 Å². The molecule has 1 unspecified atom stereocenters. The Kier molecular flexibility index (Phi) is 5.09. The summed E-state index contributed by atoms with van der Waals surface area (Å²) in [7, 11) is 4.64. The molecule has 0 spiro atoms. The van der Waals surface area contributed by atoms with E-state index < -0.39 is 22.3 Å². The van der Waals surface area contributed by atoms with Crippen LogP contribution in [0.5, 0.6) is 5.75 Å². The fourth-order valence-electron chi connectivity index (χ4n) is 4.68. The Morgan fingerprint density at radius 1 is 1.09 bits per heavy atom. The van der Waals surface area contributed by atoms with E-state index >= 15 is 0 Å². The van der Waals surface area contributed by atoms with Crippen molar-refractivity contribution in [3.05, 3.63) is 90.7 Å². The number of aryl methyl sites for hydroxylation is 1. The highest BCUT2D eigenvalue weighted by Gasteiger charge is 2.33. The third-order valence-corrected chi connectivity index (χ3v) is 6.30. The molecule has 34 heavy (non-hydrogen) atoms. The van der Waals surface area contributed by atoms with Gasteiger partial charge in [0.2, 0.25) is 0 Å². The quantitative estimate of drug-likeness (QED) is 0.341. The van der Waals surface area contributed by atoms with Crippen molar-refractivity contribution in [3.63, 3.8) is 0 Å². The van der Waals surface area contributed by atoms with Crippen LogP contribution in [0.1, 0.15) is 17.4 Å². The van der Waals surface area contributed by atoms with Crippen LogP contribution in [-0.4, -0.2) is 32.3 Å². The molecule has 10 nitrogen and oxygen atoms in total. The maximum atomic E-state index is 13.4. The van der Waals surface area contributed by atoms with Crippen molar-refractivity contribution in [1.82, 2.24) is 13.7 Å². The van der Waals surface area contributed by atoms with Gasteiger partial charge < -0.3 is 14.0 Å². The largest absolute Gasteiger partial charge is 0.497 e. The third kappa shape index (κ3) is 3.14. The molecule has 0 amide bonds. The topological polar surface area (TPSA) is 111 Å². The summed E-state index contributed by atoms with van der Waals surface area (Å²) in [6, 6.07) is 13.6. The predicted octanol–water partition coefficient (Wildman–Crippen LogP) is 2.74. The van der Waals surface area contributed by atoms with E-state index in [4.69, 9.17) is 9.47 Å². The molecular weight excluding hydrogens is 440 g/mol. The molecule has 1 atom stereocenters. The summed E-state index contributed by atoms with van der Waals surface area (Å²) in [5.74, 6) is 0.677. The van der Waals surface area contributed by atoms with Crippen LogP contribution < -0.4 is 16.0 Å². The Labute approximate surface area is 193 Å². The Hall–Kier alpha value is -4.18. The van der Waals surface area contributed by atoms with E-state index in [1.165, 1.54) is 23.7 Å². The predicted molar refractivity (Wildman–Crippen MR) is 125 cm³/mol. The van der Waals surface area contributed by atoms with Crippen molar-refractivity contribution in [2.24, 2.45) is 14.1 Å². The van der Waals surface area contributed by atoms with Crippen molar-refractivity contribution < 1.29 is 14.4 Å². The van der Waals surface area contributed by atoms with Crippen LogP contribution in [0.3, 0.4) is 0 Å². The Morgan fingerprint density at radius 2 is 1.82 bits per heavy atom. The van der Waals surface area contributed by atoms with E-state index in [1.54, 1.807) is 26.3 Å². The lowest BCUT2D eigenvalue weighted by Crippen LogP contribution is -2.37. The average Bonchev–Trinajstić information content (AvgIpc) is 3.22. The summed E-state index contributed by atoms with van der Waals surface area (Å²) in [5.41, 5.74) is 2.16. The summed E-state index contributed by atoms with van der Waals surface area (Å²) in [6.07, 6.45) is -0.694. The molecule has 0 saturated heterocycles. The van der Waals surface area contributed by atoms with Crippen LogP contribution in [0.15, 0.2) is 58.1 Å². The van der Waals surface area contributed by atoms with E-state index in [0.717, 1.165) is 10.1 Å². The van der Waals surface area contributed by atoms with E-state index in [1.807, 2.05) is 28.8 Å². The molecule has 10 heteroatoms. The van der Waals surface area contributed by atoms with Crippen molar-refractivity contribution in [2.75, 3.05) is 13.7 Å². The number of hydrogen-bond acceptors (Lipinski definition) is 6. The first-order chi connectivity index (χ1) is 16.3. The molecule has 0 aliphatic carbocycles. The lowest BCUT2D eigenvalue weighted by atomic mass is 10.0. The monoisotopic (exact) mass is 462 g/mol. The van der Waals surface area contributed by atoms with Gasteiger partial charge in [0.05, 0.1) is 40.9 Å². The number of benzene rings is 2. The fraction of sp³-hybridized carbons (Fsp3) is 0.250. The number of aromatic nitrogens is 3. The molecular formula is C24H22N4O6. The van der Waals surface area contributed by atoms with Crippen LogP contribution in [0.4, 0.5) is 5.69 Å². The number of fused-ring (bicyclic) bond motifs is 3. The molecule has 0 radical (unpaired) electrons. The molecule has 0 saturated carbocycles. The normalized spacial score (nSPS) is 15.3. The number of nitro benzene ring substituents is 1. The van der Waals surface area contributed by atoms with E-state index in [-0.39, 0.29) is 5.69 Å². The first-order valence-electron chi connectivity index (χ1n) is 10.7. The van der Waals surface area contributed by atoms with Gasteiger partial charge in [0.1, 0.15) is 11.9 Å². The number of non-ortho nitro benzene ring substituents is 1. The highest BCUT2D eigenvalue weighted by molar-refractivity contribution is 5.96. The van der Waals surface area contributed by atoms with Gasteiger partial charge in [0.25, 0.3) is 11.2 Å². The van der Waals surface area contributed by atoms with Gasteiger partial charge in [-0.25, -0.2) is 4.79 Å². The van der Waals surface area contributed by atoms with Crippen LogP contribution in [0.2, 0.25) is 0 Å². The number of nitro groups is 1. The molecule has 4 aromatic rings. The van der Waals surface area contributed by atoms with E-state index in [9.17, 15) is 19.7 Å². The second-order valence-electron chi connectivity index (χ2n) is 8.15. The number of rotatable bonds is 4. The van der Waals surface area contributed by atoms with Gasteiger partial charge >= 0.3 is 5.69 Å². The summed E-state index contributed by atoms with van der Waals surface area (Å²) in [4.78, 5) is 37.2. The molecule has 1 aliphatic heterocycles. The van der Waals surface area contributed by atoms with Gasteiger partial charge in [0, 0.05) is 32.8 Å². The maximum Gasteiger partial charge on any atom is 0.331 e. The molecule has 2 aromatic carbocycles. The number of ether oxygens (including phenoxy) is 2. The molecule has 0 bridgehead atoms.